The van der Waals surface area contributed by atoms with Gasteiger partial charge in [0, 0.05) is 35.4 Å². The Bertz CT molecular complexity index is 1030. The molecular weight excluding hydrogens is 418 g/mol. The summed E-state index contributed by atoms with van der Waals surface area (Å²) in [4.78, 5) is 24.1. The fourth-order valence-electron chi connectivity index (χ4n) is 4.01. The molecule has 4 rings (SSSR count). The molecule has 0 spiro atoms. The molecule has 1 N–H and O–H groups in total. The first-order chi connectivity index (χ1) is 13.4. The van der Waals surface area contributed by atoms with E-state index < -0.39 is 0 Å². The van der Waals surface area contributed by atoms with E-state index >= 15 is 0 Å². The van der Waals surface area contributed by atoms with Gasteiger partial charge in [-0.3, -0.25) is 9.89 Å². The van der Waals surface area contributed by atoms with E-state index in [9.17, 15) is 4.79 Å². The van der Waals surface area contributed by atoms with Crippen molar-refractivity contribution in [3.05, 3.63) is 57.0 Å². The summed E-state index contributed by atoms with van der Waals surface area (Å²) in [6, 6.07) is 9.18. The van der Waals surface area contributed by atoms with Crippen molar-refractivity contribution in [3.63, 3.8) is 0 Å². The van der Waals surface area contributed by atoms with Gasteiger partial charge in [-0.1, -0.05) is 29.8 Å². The summed E-state index contributed by atoms with van der Waals surface area (Å²) in [7, 11) is 0. The van der Waals surface area contributed by atoms with Crippen LogP contribution in [0.5, 0.6) is 0 Å². The summed E-state index contributed by atoms with van der Waals surface area (Å²) in [5, 5.41) is 3.18. The molecule has 2 unspecified atom stereocenters. The maximum atomic E-state index is 12.5. The van der Waals surface area contributed by atoms with Gasteiger partial charge < -0.3 is 4.90 Å². The van der Waals surface area contributed by atoms with E-state index in [1.807, 2.05) is 37.4 Å². The van der Waals surface area contributed by atoms with Crippen molar-refractivity contribution in [2.45, 2.75) is 27.2 Å². The number of aryl methyl sites for hydroxylation is 1. The van der Waals surface area contributed by atoms with Crippen molar-refractivity contribution in [2.75, 3.05) is 18.0 Å². The Balaban J connectivity index is 1.64. The van der Waals surface area contributed by atoms with Gasteiger partial charge in [-0.25, -0.2) is 14.6 Å². The number of hydrogen-bond acceptors (Lipinski definition) is 4. The van der Waals surface area contributed by atoms with Crippen molar-refractivity contribution in [3.8, 4) is 16.9 Å². The molecule has 2 atom stereocenters. The van der Waals surface area contributed by atoms with Crippen molar-refractivity contribution >= 4 is 21.9 Å². The van der Waals surface area contributed by atoms with Crippen molar-refractivity contribution in [1.29, 1.82) is 0 Å². The van der Waals surface area contributed by atoms with Gasteiger partial charge in [0.25, 0.3) is 5.56 Å². The van der Waals surface area contributed by atoms with Gasteiger partial charge >= 0.3 is 0 Å². The van der Waals surface area contributed by atoms with Gasteiger partial charge in [-0.15, -0.1) is 0 Å². The molecule has 1 aromatic carbocycles. The van der Waals surface area contributed by atoms with Crippen LogP contribution in [-0.2, 0) is 0 Å². The molecular formula is C21H24BrN5O. The number of anilines is 1. The number of hydrogen-bond donors (Lipinski definition) is 1. The first-order valence-electron chi connectivity index (χ1n) is 9.57. The topological polar surface area (TPSA) is 66.8 Å². The van der Waals surface area contributed by atoms with Crippen LogP contribution in [0.3, 0.4) is 0 Å². The number of aromatic amines is 1. The summed E-state index contributed by atoms with van der Waals surface area (Å²) >= 11 is 3.42. The van der Waals surface area contributed by atoms with Gasteiger partial charge in [0.2, 0.25) is 5.95 Å². The number of aromatic nitrogens is 4. The van der Waals surface area contributed by atoms with Crippen LogP contribution in [0.25, 0.3) is 16.9 Å². The molecule has 1 aliphatic rings. The molecule has 7 heteroatoms. The normalized spacial score (nSPS) is 19.8. The van der Waals surface area contributed by atoms with Crippen LogP contribution >= 0.6 is 15.9 Å². The fourth-order valence-corrected chi connectivity index (χ4v) is 4.28. The number of halogens is 1. The predicted molar refractivity (Wildman–Crippen MR) is 115 cm³/mol. The second-order valence-corrected chi connectivity index (χ2v) is 8.76. The molecule has 1 fully saturated rings. The molecule has 0 bridgehead atoms. The molecule has 1 saturated heterocycles. The van der Waals surface area contributed by atoms with Gasteiger partial charge in [0.1, 0.15) is 0 Å². The Labute approximate surface area is 172 Å². The van der Waals surface area contributed by atoms with E-state index in [4.69, 9.17) is 4.98 Å². The van der Waals surface area contributed by atoms with Gasteiger partial charge in [-0.2, -0.15) is 0 Å². The van der Waals surface area contributed by atoms with Gasteiger partial charge in [-0.05, 0) is 49.4 Å². The highest BCUT2D eigenvalue weighted by Gasteiger charge is 2.24. The third-order valence-corrected chi connectivity index (χ3v) is 5.74. The first kappa shape index (κ1) is 18.9. The molecule has 0 aliphatic carbocycles. The number of benzene rings is 1. The molecule has 0 saturated carbocycles. The van der Waals surface area contributed by atoms with Crippen LogP contribution in [0.1, 0.15) is 26.0 Å². The highest BCUT2D eigenvalue weighted by molar-refractivity contribution is 9.10. The van der Waals surface area contributed by atoms with Crippen LogP contribution in [0.4, 0.5) is 5.95 Å². The second-order valence-electron chi connectivity index (χ2n) is 7.84. The zero-order valence-corrected chi connectivity index (χ0v) is 17.9. The van der Waals surface area contributed by atoms with Crippen LogP contribution < -0.4 is 10.5 Å². The highest BCUT2D eigenvalue weighted by atomic mass is 79.9. The monoisotopic (exact) mass is 441 g/mol. The van der Waals surface area contributed by atoms with E-state index in [-0.39, 0.29) is 5.56 Å². The van der Waals surface area contributed by atoms with Crippen molar-refractivity contribution in [2.24, 2.45) is 11.8 Å². The zero-order chi connectivity index (χ0) is 19.8. The molecule has 0 radical (unpaired) electrons. The SMILES string of the molecule is Cc1nc(N2CC(C)CC(C)C2)ncc1-c1cc(=O)n(-c2ccc(Br)cc2)[nH]1. The van der Waals surface area contributed by atoms with E-state index in [2.05, 4.69) is 44.8 Å². The Hall–Kier alpha value is -2.41. The molecule has 1 aliphatic heterocycles. The average Bonchev–Trinajstić information content (AvgIpc) is 3.03. The molecule has 3 heterocycles. The quantitative estimate of drug-likeness (QED) is 0.661. The highest BCUT2D eigenvalue weighted by Crippen LogP contribution is 2.26. The molecule has 28 heavy (non-hydrogen) atoms. The standard InChI is InChI=1S/C21H24BrN5O/c1-13-8-14(2)12-26(11-13)21-23-10-18(15(3)24-21)19-9-20(28)27(25-19)17-6-4-16(22)5-7-17/h4-7,9-10,13-14,25H,8,11-12H2,1-3H3. The third kappa shape index (κ3) is 3.76. The zero-order valence-electron chi connectivity index (χ0n) is 16.3. The Morgan fingerprint density at radius 3 is 2.46 bits per heavy atom. The van der Waals surface area contributed by atoms with Crippen molar-refractivity contribution < 1.29 is 0 Å². The Kier molecular flexibility index (Phi) is 5.10. The smallest absolute Gasteiger partial charge is 0.271 e. The lowest BCUT2D eigenvalue weighted by molar-refractivity contribution is 0.353. The summed E-state index contributed by atoms with van der Waals surface area (Å²) in [5.41, 5.74) is 3.10. The molecule has 3 aromatic rings. The van der Waals surface area contributed by atoms with E-state index in [0.29, 0.717) is 11.8 Å². The van der Waals surface area contributed by atoms with Gasteiger partial charge in [0.05, 0.1) is 17.1 Å². The minimum Gasteiger partial charge on any atom is -0.340 e. The average molecular weight is 442 g/mol. The van der Waals surface area contributed by atoms with E-state index in [0.717, 1.165) is 46.1 Å². The van der Waals surface area contributed by atoms with E-state index in [1.54, 1.807) is 6.07 Å². The number of H-pyrrole nitrogens is 1. The summed E-state index contributed by atoms with van der Waals surface area (Å²) in [5.74, 6) is 2.06. The minimum atomic E-state index is -0.112. The summed E-state index contributed by atoms with van der Waals surface area (Å²) in [6.45, 7) is 8.49. The lowest BCUT2D eigenvalue weighted by Gasteiger charge is -2.35. The van der Waals surface area contributed by atoms with Crippen LogP contribution in [0, 0.1) is 18.8 Å². The lowest BCUT2D eigenvalue weighted by Crippen LogP contribution is -2.39. The maximum absolute atomic E-state index is 12.5. The predicted octanol–water partition coefficient (Wildman–Crippen LogP) is 4.18. The number of rotatable bonds is 3. The second kappa shape index (κ2) is 7.54. The number of piperidine rings is 1. The molecule has 0 amide bonds. The van der Waals surface area contributed by atoms with Crippen LogP contribution in [-0.4, -0.2) is 32.8 Å². The van der Waals surface area contributed by atoms with Crippen LogP contribution in [0.15, 0.2) is 45.8 Å². The Morgan fingerprint density at radius 1 is 1.14 bits per heavy atom. The molecule has 2 aromatic heterocycles. The summed E-state index contributed by atoms with van der Waals surface area (Å²) in [6.07, 6.45) is 3.07. The van der Waals surface area contributed by atoms with E-state index in [1.165, 1.54) is 11.1 Å². The molecule has 6 nitrogen and oxygen atoms in total. The van der Waals surface area contributed by atoms with Crippen LogP contribution in [0.2, 0.25) is 0 Å². The Morgan fingerprint density at radius 2 is 1.82 bits per heavy atom. The lowest BCUT2D eigenvalue weighted by atomic mass is 9.92. The number of nitrogens with one attached hydrogen (secondary N) is 1. The number of nitrogens with zero attached hydrogens (tertiary/aromatic N) is 4. The van der Waals surface area contributed by atoms with Crippen molar-refractivity contribution in [1.82, 2.24) is 19.7 Å². The first-order valence-corrected chi connectivity index (χ1v) is 10.4. The maximum Gasteiger partial charge on any atom is 0.271 e. The molecule has 146 valence electrons. The largest absolute Gasteiger partial charge is 0.340 e. The third-order valence-electron chi connectivity index (χ3n) is 5.21. The summed E-state index contributed by atoms with van der Waals surface area (Å²) < 4.78 is 2.50. The fraction of sp³-hybridized carbons (Fsp3) is 0.381. The van der Waals surface area contributed by atoms with Gasteiger partial charge in [0.15, 0.2) is 0 Å². The minimum absolute atomic E-state index is 0.112.